The lowest BCUT2D eigenvalue weighted by molar-refractivity contribution is 0.0361. The van der Waals surface area contributed by atoms with Gasteiger partial charge in [-0.15, -0.1) is 0 Å². The molecule has 2 nitrogen and oxygen atoms in total. The highest BCUT2D eigenvalue weighted by atomic mass is 79.9. The van der Waals surface area contributed by atoms with E-state index in [9.17, 15) is 10.2 Å². The van der Waals surface area contributed by atoms with Crippen LogP contribution in [0.4, 0.5) is 0 Å². The van der Waals surface area contributed by atoms with Crippen LogP contribution < -0.4 is 0 Å². The summed E-state index contributed by atoms with van der Waals surface area (Å²) in [6, 6.07) is 18.0. The lowest BCUT2D eigenvalue weighted by Crippen LogP contribution is -2.20. The third kappa shape index (κ3) is 2.22. The molecule has 2 atom stereocenters. The maximum absolute atomic E-state index is 10.5. The Labute approximate surface area is 125 Å². The molecule has 0 aromatic heterocycles. The second kappa shape index (κ2) is 5.52. The molecule has 0 amide bonds. The topological polar surface area (TPSA) is 40.5 Å². The van der Waals surface area contributed by atoms with Crippen LogP contribution in [0.15, 0.2) is 54.6 Å². The highest BCUT2D eigenvalue weighted by Crippen LogP contribution is 2.34. The molecule has 0 spiro atoms. The Morgan fingerprint density at radius 1 is 0.850 bits per heavy atom. The second-order valence-electron chi connectivity index (χ2n) is 4.90. The SMILES string of the molecule is OC(CBr)C(O)c1c2ccccc2cc2ccccc12. The van der Waals surface area contributed by atoms with Crippen molar-refractivity contribution in [1.82, 2.24) is 0 Å². The van der Waals surface area contributed by atoms with E-state index in [4.69, 9.17) is 0 Å². The molecule has 20 heavy (non-hydrogen) atoms. The molecule has 2 unspecified atom stereocenters. The van der Waals surface area contributed by atoms with E-state index in [0.717, 1.165) is 27.1 Å². The Morgan fingerprint density at radius 2 is 1.35 bits per heavy atom. The lowest BCUT2D eigenvalue weighted by Gasteiger charge is -2.20. The van der Waals surface area contributed by atoms with Crippen LogP contribution in [0.2, 0.25) is 0 Å². The summed E-state index contributed by atoms with van der Waals surface area (Å²) in [6.45, 7) is 0. The number of hydrogen-bond donors (Lipinski definition) is 2. The number of halogens is 1. The molecule has 0 aliphatic rings. The second-order valence-corrected chi connectivity index (χ2v) is 5.55. The molecule has 3 heteroatoms. The number of aliphatic hydroxyl groups is 2. The van der Waals surface area contributed by atoms with Crippen molar-refractivity contribution in [3.63, 3.8) is 0 Å². The van der Waals surface area contributed by atoms with Crippen molar-refractivity contribution < 1.29 is 10.2 Å². The van der Waals surface area contributed by atoms with Crippen LogP contribution in [0.3, 0.4) is 0 Å². The number of aliphatic hydroxyl groups excluding tert-OH is 2. The maximum atomic E-state index is 10.5. The first-order valence-electron chi connectivity index (χ1n) is 6.55. The Hall–Kier alpha value is -1.42. The number of fused-ring (bicyclic) bond motifs is 2. The fourth-order valence-corrected chi connectivity index (χ4v) is 3.00. The molecule has 0 heterocycles. The van der Waals surface area contributed by atoms with Crippen LogP contribution in [0.1, 0.15) is 11.7 Å². The minimum Gasteiger partial charge on any atom is -0.389 e. The predicted molar refractivity (Wildman–Crippen MR) is 86.2 cm³/mol. The summed E-state index contributed by atoms with van der Waals surface area (Å²) in [6.07, 6.45) is -1.74. The molecular weight excluding hydrogens is 316 g/mol. The Balaban J connectivity index is 2.39. The van der Waals surface area contributed by atoms with E-state index in [1.165, 1.54) is 0 Å². The number of benzene rings is 3. The quantitative estimate of drug-likeness (QED) is 0.566. The van der Waals surface area contributed by atoms with Gasteiger partial charge in [-0.1, -0.05) is 64.5 Å². The van der Waals surface area contributed by atoms with E-state index < -0.39 is 12.2 Å². The molecule has 0 bridgehead atoms. The first-order valence-corrected chi connectivity index (χ1v) is 7.67. The van der Waals surface area contributed by atoms with Crippen molar-refractivity contribution in [3.05, 3.63) is 60.2 Å². The van der Waals surface area contributed by atoms with Gasteiger partial charge in [-0.3, -0.25) is 0 Å². The largest absolute Gasteiger partial charge is 0.389 e. The maximum Gasteiger partial charge on any atom is 0.107 e. The van der Waals surface area contributed by atoms with Crippen molar-refractivity contribution in [2.75, 3.05) is 5.33 Å². The molecular formula is C17H15BrO2. The van der Waals surface area contributed by atoms with E-state index >= 15 is 0 Å². The summed E-state index contributed by atoms with van der Waals surface area (Å²) in [4.78, 5) is 0. The molecule has 3 rings (SSSR count). The van der Waals surface area contributed by atoms with Gasteiger partial charge in [-0.25, -0.2) is 0 Å². The number of alkyl halides is 1. The van der Waals surface area contributed by atoms with Crippen molar-refractivity contribution in [1.29, 1.82) is 0 Å². The van der Waals surface area contributed by atoms with Gasteiger partial charge in [0.1, 0.15) is 6.10 Å². The molecule has 3 aromatic rings. The summed E-state index contributed by atoms with van der Waals surface area (Å²) in [5.74, 6) is 0. The molecule has 3 aromatic carbocycles. The Bertz CT molecular complexity index is 700. The fourth-order valence-electron chi connectivity index (χ4n) is 2.64. The predicted octanol–water partition coefficient (Wildman–Crippen LogP) is 3.78. The summed E-state index contributed by atoms with van der Waals surface area (Å²) in [7, 11) is 0. The van der Waals surface area contributed by atoms with Crippen molar-refractivity contribution >= 4 is 37.5 Å². The molecule has 0 aliphatic heterocycles. The van der Waals surface area contributed by atoms with Gasteiger partial charge in [-0.05, 0) is 33.2 Å². The van der Waals surface area contributed by atoms with E-state index in [-0.39, 0.29) is 0 Å². The first-order chi connectivity index (χ1) is 9.72. The third-order valence-electron chi connectivity index (χ3n) is 3.63. The van der Waals surface area contributed by atoms with E-state index in [0.29, 0.717) is 5.33 Å². The van der Waals surface area contributed by atoms with Gasteiger partial charge in [0, 0.05) is 5.33 Å². The average Bonchev–Trinajstić information content (AvgIpc) is 2.51. The van der Waals surface area contributed by atoms with E-state index in [2.05, 4.69) is 22.0 Å². The Morgan fingerprint density at radius 3 is 1.85 bits per heavy atom. The van der Waals surface area contributed by atoms with Crippen LogP contribution in [0, 0.1) is 0 Å². The number of rotatable bonds is 3. The molecule has 0 fully saturated rings. The van der Waals surface area contributed by atoms with Crippen LogP contribution in [0.5, 0.6) is 0 Å². The van der Waals surface area contributed by atoms with Gasteiger partial charge in [0.2, 0.25) is 0 Å². The average molecular weight is 331 g/mol. The fraction of sp³-hybridized carbons (Fsp3) is 0.176. The molecule has 2 N–H and O–H groups in total. The van der Waals surface area contributed by atoms with Gasteiger partial charge in [0.15, 0.2) is 0 Å². The van der Waals surface area contributed by atoms with E-state index in [1.54, 1.807) is 0 Å². The summed E-state index contributed by atoms with van der Waals surface area (Å²) >= 11 is 3.23. The first kappa shape index (κ1) is 13.6. The molecule has 102 valence electrons. The van der Waals surface area contributed by atoms with Gasteiger partial charge >= 0.3 is 0 Å². The van der Waals surface area contributed by atoms with Crippen LogP contribution in [-0.2, 0) is 0 Å². The molecule has 0 saturated heterocycles. The zero-order valence-corrected chi connectivity index (χ0v) is 12.4. The zero-order valence-electron chi connectivity index (χ0n) is 10.8. The summed E-state index contributed by atoms with van der Waals surface area (Å²) in [5.41, 5.74) is 0.797. The smallest absolute Gasteiger partial charge is 0.107 e. The molecule has 0 aliphatic carbocycles. The summed E-state index contributed by atoms with van der Waals surface area (Å²) < 4.78 is 0. The van der Waals surface area contributed by atoms with Gasteiger partial charge in [0.25, 0.3) is 0 Å². The van der Waals surface area contributed by atoms with E-state index in [1.807, 2.05) is 48.5 Å². The molecule has 0 radical (unpaired) electrons. The highest BCUT2D eigenvalue weighted by Gasteiger charge is 2.21. The minimum absolute atomic E-state index is 0.339. The van der Waals surface area contributed by atoms with Crippen molar-refractivity contribution in [2.24, 2.45) is 0 Å². The van der Waals surface area contributed by atoms with Crippen LogP contribution >= 0.6 is 15.9 Å². The van der Waals surface area contributed by atoms with Gasteiger partial charge < -0.3 is 10.2 Å². The van der Waals surface area contributed by atoms with Gasteiger partial charge in [-0.2, -0.15) is 0 Å². The Kier molecular flexibility index (Phi) is 3.74. The zero-order chi connectivity index (χ0) is 14.1. The molecule has 0 saturated carbocycles. The lowest BCUT2D eigenvalue weighted by atomic mass is 9.92. The monoisotopic (exact) mass is 330 g/mol. The van der Waals surface area contributed by atoms with Crippen molar-refractivity contribution in [3.8, 4) is 0 Å². The summed E-state index contributed by atoms with van der Waals surface area (Å²) in [5, 5.41) is 25.0. The number of hydrogen-bond acceptors (Lipinski definition) is 2. The van der Waals surface area contributed by atoms with Crippen LogP contribution in [-0.4, -0.2) is 21.6 Å². The van der Waals surface area contributed by atoms with Gasteiger partial charge in [0.05, 0.1) is 6.10 Å². The minimum atomic E-state index is -0.912. The standard InChI is InChI=1S/C17H15BrO2/c18-10-15(19)17(20)16-13-7-3-1-5-11(13)9-12-6-2-4-8-14(12)16/h1-9,15,17,19-20H,10H2. The highest BCUT2D eigenvalue weighted by molar-refractivity contribution is 9.09. The normalized spacial score (nSPS) is 14.6. The third-order valence-corrected chi connectivity index (χ3v) is 4.29. The van der Waals surface area contributed by atoms with Crippen LogP contribution in [0.25, 0.3) is 21.5 Å². The van der Waals surface area contributed by atoms with Crippen molar-refractivity contribution in [2.45, 2.75) is 12.2 Å².